The molecule has 0 aliphatic carbocycles. The molecule has 2 aromatic rings. The van der Waals surface area contributed by atoms with E-state index in [9.17, 15) is 9.59 Å². The topological polar surface area (TPSA) is 123 Å². The Kier molecular flexibility index (Phi) is 5.22. The molecule has 0 aromatic carbocycles. The molecule has 2 aromatic heterocycles. The summed E-state index contributed by atoms with van der Waals surface area (Å²) < 4.78 is 10.7. The molecule has 2 N–H and O–H groups in total. The largest absolute Gasteiger partial charge is 0.368 e. The van der Waals surface area contributed by atoms with Crippen molar-refractivity contribution in [3.63, 3.8) is 0 Å². The van der Waals surface area contributed by atoms with Crippen LogP contribution in [0.4, 0.5) is 0 Å². The monoisotopic (exact) mass is 347 g/mol. The number of hydrogen-bond donors (Lipinski definition) is 2. The predicted octanol–water partition coefficient (Wildman–Crippen LogP) is 0.523. The van der Waals surface area contributed by atoms with E-state index in [4.69, 9.17) is 9.26 Å². The maximum absolute atomic E-state index is 12.0. The van der Waals surface area contributed by atoms with E-state index in [1.54, 1.807) is 13.8 Å². The Labute approximate surface area is 144 Å². The molecule has 9 heteroatoms. The summed E-state index contributed by atoms with van der Waals surface area (Å²) in [6.45, 7) is 4.50. The van der Waals surface area contributed by atoms with Gasteiger partial charge in [0.15, 0.2) is 5.82 Å². The number of carbonyl (C=O) groups is 1. The zero-order valence-corrected chi connectivity index (χ0v) is 14.3. The molecular weight excluding hydrogens is 326 g/mol. The Morgan fingerprint density at radius 1 is 1.36 bits per heavy atom. The number of rotatable bonds is 6. The van der Waals surface area contributed by atoms with E-state index in [-0.39, 0.29) is 24.0 Å². The van der Waals surface area contributed by atoms with E-state index in [2.05, 4.69) is 25.4 Å². The average molecular weight is 347 g/mol. The standard InChI is InChI=1S/C16H21N5O4/c1-9-11(15(23)19-10(2)18-9)8-14(22)17-6-5-13-20-16(25-21-13)12-4-3-7-24-12/h12H,3-8H2,1-2H3,(H,17,22)(H,18,19,23). The van der Waals surface area contributed by atoms with Gasteiger partial charge in [-0.25, -0.2) is 4.98 Å². The lowest BCUT2D eigenvalue weighted by Crippen LogP contribution is -2.30. The van der Waals surface area contributed by atoms with Gasteiger partial charge in [-0.05, 0) is 26.7 Å². The van der Waals surface area contributed by atoms with Gasteiger partial charge in [-0.3, -0.25) is 9.59 Å². The SMILES string of the molecule is Cc1nc(C)c(CC(=O)NCCc2noc(C3CCCO3)n2)c(=O)[nH]1. The van der Waals surface area contributed by atoms with Crippen LogP contribution >= 0.6 is 0 Å². The van der Waals surface area contributed by atoms with Crippen molar-refractivity contribution in [2.24, 2.45) is 0 Å². The summed E-state index contributed by atoms with van der Waals surface area (Å²) in [4.78, 5) is 35.0. The van der Waals surface area contributed by atoms with Crippen LogP contribution in [0.15, 0.2) is 9.32 Å². The molecule has 1 fully saturated rings. The van der Waals surface area contributed by atoms with Gasteiger partial charge in [0.25, 0.3) is 11.4 Å². The molecular formula is C16H21N5O4. The molecule has 3 rings (SSSR count). The lowest BCUT2D eigenvalue weighted by Gasteiger charge is -2.06. The Balaban J connectivity index is 1.49. The maximum Gasteiger partial charge on any atom is 0.255 e. The van der Waals surface area contributed by atoms with Crippen LogP contribution < -0.4 is 10.9 Å². The first-order chi connectivity index (χ1) is 12.0. The third-order valence-electron chi connectivity index (χ3n) is 4.04. The van der Waals surface area contributed by atoms with Crippen LogP contribution in [-0.4, -0.2) is 39.2 Å². The number of amides is 1. The highest BCUT2D eigenvalue weighted by Gasteiger charge is 2.23. The van der Waals surface area contributed by atoms with Gasteiger partial charge in [-0.15, -0.1) is 0 Å². The minimum atomic E-state index is -0.278. The summed E-state index contributed by atoms with van der Waals surface area (Å²) in [5.41, 5.74) is 0.665. The first kappa shape index (κ1) is 17.3. The summed E-state index contributed by atoms with van der Waals surface area (Å²) in [7, 11) is 0. The first-order valence-corrected chi connectivity index (χ1v) is 8.30. The zero-order valence-electron chi connectivity index (χ0n) is 14.3. The summed E-state index contributed by atoms with van der Waals surface area (Å²) in [5, 5.41) is 6.65. The minimum Gasteiger partial charge on any atom is -0.368 e. The minimum absolute atomic E-state index is 0.0120. The van der Waals surface area contributed by atoms with Crippen LogP contribution in [0.3, 0.4) is 0 Å². The van der Waals surface area contributed by atoms with Crippen LogP contribution in [0.1, 0.15) is 47.7 Å². The molecule has 25 heavy (non-hydrogen) atoms. The highest BCUT2D eigenvalue weighted by atomic mass is 16.5. The van der Waals surface area contributed by atoms with E-state index in [0.717, 1.165) is 12.8 Å². The fourth-order valence-electron chi connectivity index (χ4n) is 2.77. The Morgan fingerprint density at radius 2 is 2.20 bits per heavy atom. The van der Waals surface area contributed by atoms with Crippen LogP contribution in [-0.2, 0) is 22.4 Å². The van der Waals surface area contributed by atoms with Crippen LogP contribution in [0.2, 0.25) is 0 Å². The molecule has 3 heterocycles. The van der Waals surface area contributed by atoms with E-state index in [1.165, 1.54) is 0 Å². The maximum atomic E-state index is 12.0. The number of aromatic amines is 1. The van der Waals surface area contributed by atoms with Crippen LogP contribution in [0, 0.1) is 13.8 Å². The van der Waals surface area contributed by atoms with Crippen molar-refractivity contribution in [3.8, 4) is 0 Å². The Hall–Kier alpha value is -2.55. The Bertz CT molecular complexity index is 807. The summed E-state index contributed by atoms with van der Waals surface area (Å²) >= 11 is 0. The van der Waals surface area contributed by atoms with Crippen molar-refractivity contribution in [1.82, 2.24) is 25.4 Å². The molecule has 0 bridgehead atoms. The molecule has 1 aliphatic rings. The number of ether oxygens (including phenoxy) is 1. The average Bonchev–Trinajstić information content (AvgIpc) is 3.22. The molecule has 134 valence electrons. The third-order valence-corrected chi connectivity index (χ3v) is 4.04. The summed E-state index contributed by atoms with van der Waals surface area (Å²) in [6.07, 6.45) is 2.20. The second kappa shape index (κ2) is 7.56. The van der Waals surface area contributed by atoms with Gasteiger partial charge in [0.05, 0.1) is 6.42 Å². The van der Waals surface area contributed by atoms with Crippen molar-refractivity contribution < 1.29 is 14.1 Å². The van der Waals surface area contributed by atoms with Crippen LogP contribution in [0.25, 0.3) is 0 Å². The molecule has 1 saturated heterocycles. The Morgan fingerprint density at radius 3 is 2.92 bits per heavy atom. The highest BCUT2D eigenvalue weighted by Crippen LogP contribution is 2.26. The third kappa shape index (κ3) is 4.30. The quantitative estimate of drug-likeness (QED) is 0.781. The van der Waals surface area contributed by atoms with Gasteiger partial charge in [0.2, 0.25) is 5.91 Å². The van der Waals surface area contributed by atoms with Crippen molar-refractivity contribution in [1.29, 1.82) is 0 Å². The summed E-state index contributed by atoms with van der Waals surface area (Å²) in [6, 6.07) is 0. The van der Waals surface area contributed by atoms with E-state index in [1.807, 2.05) is 0 Å². The number of aryl methyl sites for hydroxylation is 2. The van der Waals surface area contributed by atoms with Crippen molar-refractivity contribution in [2.45, 2.75) is 45.6 Å². The molecule has 1 amide bonds. The molecule has 0 spiro atoms. The van der Waals surface area contributed by atoms with Gasteiger partial charge >= 0.3 is 0 Å². The number of aromatic nitrogens is 4. The second-order valence-corrected chi connectivity index (χ2v) is 6.04. The van der Waals surface area contributed by atoms with Crippen molar-refractivity contribution in [2.75, 3.05) is 13.2 Å². The smallest absolute Gasteiger partial charge is 0.255 e. The number of H-pyrrole nitrogens is 1. The van der Waals surface area contributed by atoms with Crippen molar-refractivity contribution in [3.05, 3.63) is 39.2 Å². The van der Waals surface area contributed by atoms with E-state index in [0.29, 0.717) is 48.4 Å². The van der Waals surface area contributed by atoms with Crippen molar-refractivity contribution >= 4 is 5.91 Å². The summed E-state index contributed by atoms with van der Waals surface area (Å²) in [5.74, 6) is 1.30. The van der Waals surface area contributed by atoms with Gasteiger partial charge < -0.3 is 19.6 Å². The van der Waals surface area contributed by atoms with Gasteiger partial charge in [0, 0.05) is 30.8 Å². The van der Waals surface area contributed by atoms with E-state index >= 15 is 0 Å². The number of carbonyl (C=O) groups excluding carboxylic acids is 1. The predicted molar refractivity (Wildman–Crippen MR) is 87.0 cm³/mol. The second-order valence-electron chi connectivity index (χ2n) is 6.04. The lowest BCUT2D eigenvalue weighted by molar-refractivity contribution is -0.120. The normalized spacial score (nSPS) is 17.0. The number of nitrogens with one attached hydrogen (secondary N) is 2. The van der Waals surface area contributed by atoms with Gasteiger partial charge in [-0.1, -0.05) is 5.16 Å². The molecule has 0 radical (unpaired) electrons. The molecule has 0 saturated carbocycles. The van der Waals surface area contributed by atoms with Crippen LogP contribution in [0.5, 0.6) is 0 Å². The fraction of sp³-hybridized carbons (Fsp3) is 0.562. The molecule has 1 aliphatic heterocycles. The lowest BCUT2D eigenvalue weighted by atomic mass is 10.1. The fourth-order valence-corrected chi connectivity index (χ4v) is 2.77. The van der Waals surface area contributed by atoms with E-state index < -0.39 is 0 Å². The zero-order chi connectivity index (χ0) is 17.8. The molecule has 1 unspecified atom stereocenters. The van der Waals surface area contributed by atoms with Gasteiger partial charge in [-0.2, -0.15) is 4.98 Å². The highest BCUT2D eigenvalue weighted by molar-refractivity contribution is 5.78. The molecule has 9 nitrogen and oxygen atoms in total. The van der Waals surface area contributed by atoms with Gasteiger partial charge in [0.1, 0.15) is 11.9 Å². The molecule has 1 atom stereocenters. The number of nitrogens with zero attached hydrogens (tertiary/aromatic N) is 3. The first-order valence-electron chi connectivity index (χ1n) is 8.30. The number of hydrogen-bond acceptors (Lipinski definition) is 7.